The third-order valence-corrected chi connectivity index (χ3v) is 3.80. The van der Waals surface area contributed by atoms with Gasteiger partial charge in [-0.15, -0.1) is 0 Å². The molecule has 0 radical (unpaired) electrons. The van der Waals surface area contributed by atoms with E-state index in [9.17, 15) is 4.79 Å². The van der Waals surface area contributed by atoms with Crippen molar-refractivity contribution in [2.75, 3.05) is 33.5 Å². The molecule has 1 N–H and O–H groups in total. The average molecular weight is 297 g/mol. The number of hydrogen-bond donors (Lipinski definition) is 1. The minimum atomic E-state index is -0.340. The van der Waals surface area contributed by atoms with E-state index in [1.165, 1.54) is 0 Å². The third kappa shape index (κ3) is 3.61. The van der Waals surface area contributed by atoms with Crippen molar-refractivity contribution in [3.8, 4) is 0 Å². The molecule has 0 aromatic carbocycles. The first-order chi connectivity index (χ1) is 10.1. The highest BCUT2D eigenvalue weighted by molar-refractivity contribution is 5.90. The van der Waals surface area contributed by atoms with E-state index in [1.807, 2.05) is 7.05 Å². The summed E-state index contributed by atoms with van der Waals surface area (Å²) in [6.07, 6.45) is 2.41. The second-order valence-electron chi connectivity index (χ2n) is 5.14. The van der Waals surface area contributed by atoms with Crippen molar-refractivity contribution in [1.82, 2.24) is 15.1 Å². The Morgan fingerprint density at radius 2 is 2.43 bits per heavy atom. The normalized spacial score (nSPS) is 21.7. The van der Waals surface area contributed by atoms with Crippen LogP contribution in [0.25, 0.3) is 0 Å². The first kappa shape index (κ1) is 15.9. The maximum absolute atomic E-state index is 11.9. The Labute approximate surface area is 124 Å². The van der Waals surface area contributed by atoms with Gasteiger partial charge >= 0.3 is 5.97 Å². The van der Waals surface area contributed by atoms with E-state index in [4.69, 9.17) is 14.2 Å². The standard InChI is InChI=1S/C14H23N3O4/c1-4-21-13(18)11-7-16-17(2)12(11)8-15-9-14(19-3)5-6-20-10-14/h7,15H,4-6,8-10H2,1-3H3. The van der Waals surface area contributed by atoms with Crippen LogP contribution < -0.4 is 5.32 Å². The zero-order valence-electron chi connectivity index (χ0n) is 12.8. The highest BCUT2D eigenvalue weighted by Crippen LogP contribution is 2.21. The molecule has 0 bridgehead atoms. The number of nitrogens with zero attached hydrogens (tertiary/aromatic N) is 2. The Balaban J connectivity index is 1.96. The SMILES string of the molecule is CCOC(=O)c1cnn(C)c1CNCC1(OC)CCOC1. The third-order valence-electron chi connectivity index (χ3n) is 3.80. The van der Waals surface area contributed by atoms with Crippen LogP contribution in [0.4, 0.5) is 0 Å². The van der Waals surface area contributed by atoms with E-state index in [-0.39, 0.29) is 11.6 Å². The van der Waals surface area contributed by atoms with Gasteiger partial charge in [0.1, 0.15) is 11.2 Å². The number of hydrogen-bond acceptors (Lipinski definition) is 6. The molecule has 1 aromatic heterocycles. The Morgan fingerprint density at radius 1 is 1.62 bits per heavy atom. The van der Waals surface area contributed by atoms with Crippen LogP contribution in [0.3, 0.4) is 0 Å². The van der Waals surface area contributed by atoms with Crippen molar-refractivity contribution >= 4 is 5.97 Å². The number of aromatic nitrogens is 2. The molecule has 1 fully saturated rings. The Kier molecular flexibility index (Phi) is 5.33. The van der Waals surface area contributed by atoms with Crippen molar-refractivity contribution in [3.63, 3.8) is 0 Å². The lowest BCUT2D eigenvalue weighted by molar-refractivity contribution is -0.0160. The van der Waals surface area contributed by atoms with Gasteiger partial charge in [-0.05, 0) is 6.92 Å². The van der Waals surface area contributed by atoms with Gasteiger partial charge in [-0.3, -0.25) is 4.68 Å². The van der Waals surface area contributed by atoms with Gasteiger partial charge in [0.05, 0.1) is 25.1 Å². The van der Waals surface area contributed by atoms with Crippen LogP contribution in [0.5, 0.6) is 0 Å². The molecule has 1 unspecified atom stereocenters. The molecule has 118 valence electrons. The van der Waals surface area contributed by atoms with Crippen LogP contribution in [-0.4, -0.2) is 54.8 Å². The molecule has 0 saturated carbocycles. The van der Waals surface area contributed by atoms with Crippen molar-refractivity contribution in [2.45, 2.75) is 25.5 Å². The second kappa shape index (κ2) is 7.02. The molecule has 0 amide bonds. The molecule has 2 rings (SSSR count). The van der Waals surface area contributed by atoms with Gasteiger partial charge < -0.3 is 19.5 Å². The lowest BCUT2D eigenvalue weighted by Gasteiger charge is -2.26. The number of ether oxygens (including phenoxy) is 3. The summed E-state index contributed by atoms with van der Waals surface area (Å²) in [5, 5.41) is 7.45. The number of aryl methyl sites for hydroxylation is 1. The summed E-state index contributed by atoms with van der Waals surface area (Å²) in [7, 11) is 3.51. The highest BCUT2D eigenvalue weighted by Gasteiger charge is 2.34. The van der Waals surface area contributed by atoms with Crippen LogP contribution in [0, 0.1) is 0 Å². The van der Waals surface area contributed by atoms with Gasteiger partial charge in [0, 0.05) is 40.3 Å². The van der Waals surface area contributed by atoms with Crippen LogP contribution in [-0.2, 0) is 27.8 Å². The zero-order chi connectivity index (χ0) is 15.3. The van der Waals surface area contributed by atoms with E-state index in [0.717, 1.165) is 18.7 Å². The Hall–Kier alpha value is -1.44. The van der Waals surface area contributed by atoms with Crippen molar-refractivity contribution in [1.29, 1.82) is 0 Å². The fourth-order valence-corrected chi connectivity index (χ4v) is 2.42. The molecule has 1 aliphatic heterocycles. The first-order valence-electron chi connectivity index (χ1n) is 7.13. The van der Waals surface area contributed by atoms with E-state index < -0.39 is 0 Å². The maximum Gasteiger partial charge on any atom is 0.341 e. The molecular weight excluding hydrogens is 274 g/mol. The molecule has 21 heavy (non-hydrogen) atoms. The number of carbonyl (C=O) groups excluding carboxylic acids is 1. The first-order valence-corrected chi connectivity index (χ1v) is 7.13. The quantitative estimate of drug-likeness (QED) is 0.738. The van der Waals surface area contributed by atoms with Crippen molar-refractivity contribution < 1.29 is 19.0 Å². The summed E-state index contributed by atoms with van der Waals surface area (Å²) in [5.74, 6) is -0.340. The molecule has 0 aliphatic carbocycles. The molecule has 1 atom stereocenters. The topological polar surface area (TPSA) is 74.6 Å². The molecular formula is C14H23N3O4. The smallest absolute Gasteiger partial charge is 0.341 e. The maximum atomic E-state index is 11.9. The van der Waals surface area contributed by atoms with Gasteiger partial charge in [0.2, 0.25) is 0 Å². The van der Waals surface area contributed by atoms with Gasteiger partial charge in [-0.25, -0.2) is 4.79 Å². The van der Waals surface area contributed by atoms with Gasteiger partial charge in [-0.2, -0.15) is 5.10 Å². The second-order valence-corrected chi connectivity index (χ2v) is 5.14. The van der Waals surface area contributed by atoms with Gasteiger partial charge in [0.15, 0.2) is 0 Å². The predicted octanol–water partition coefficient (Wildman–Crippen LogP) is 0.492. The van der Waals surface area contributed by atoms with Crippen LogP contribution in [0.1, 0.15) is 29.4 Å². The van der Waals surface area contributed by atoms with E-state index in [0.29, 0.717) is 31.9 Å². The molecule has 1 saturated heterocycles. The lowest BCUT2D eigenvalue weighted by Crippen LogP contribution is -2.43. The number of esters is 1. The fourth-order valence-electron chi connectivity index (χ4n) is 2.42. The minimum absolute atomic E-state index is 0.275. The Bertz CT molecular complexity index is 481. The van der Waals surface area contributed by atoms with Crippen molar-refractivity contribution in [2.24, 2.45) is 7.05 Å². The molecule has 7 nitrogen and oxygen atoms in total. The zero-order valence-corrected chi connectivity index (χ0v) is 12.8. The van der Waals surface area contributed by atoms with E-state index >= 15 is 0 Å². The van der Waals surface area contributed by atoms with Gasteiger partial charge in [-0.1, -0.05) is 0 Å². The van der Waals surface area contributed by atoms with Crippen LogP contribution in [0.2, 0.25) is 0 Å². The lowest BCUT2D eigenvalue weighted by atomic mass is 10.0. The summed E-state index contributed by atoms with van der Waals surface area (Å²) < 4.78 is 17.7. The molecule has 7 heteroatoms. The van der Waals surface area contributed by atoms with Gasteiger partial charge in [0.25, 0.3) is 0 Å². The Morgan fingerprint density at radius 3 is 3.05 bits per heavy atom. The summed E-state index contributed by atoms with van der Waals surface area (Å²) in [5.41, 5.74) is 1.03. The number of methoxy groups -OCH3 is 1. The minimum Gasteiger partial charge on any atom is -0.462 e. The number of carbonyl (C=O) groups is 1. The number of rotatable bonds is 7. The summed E-state index contributed by atoms with van der Waals surface area (Å²) in [4.78, 5) is 11.9. The molecule has 1 aliphatic rings. The number of nitrogens with one attached hydrogen (secondary N) is 1. The van der Waals surface area contributed by atoms with E-state index in [2.05, 4.69) is 10.4 Å². The van der Waals surface area contributed by atoms with Crippen LogP contribution in [0.15, 0.2) is 6.20 Å². The molecule has 0 spiro atoms. The van der Waals surface area contributed by atoms with E-state index in [1.54, 1.807) is 24.9 Å². The summed E-state index contributed by atoms with van der Waals surface area (Å²) in [6, 6.07) is 0. The molecule has 2 heterocycles. The monoisotopic (exact) mass is 297 g/mol. The predicted molar refractivity (Wildman–Crippen MR) is 76.0 cm³/mol. The highest BCUT2D eigenvalue weighted by atomic mass is 16.5. The fraction of sp³-hybridized carbons (Fsp3) is 0.714. The summed E-state index contributed by atoms with van der Waals surface area (Å²) >= 11 is 0. The van der Waals surface area contributed by atoms with Crippen molar-refractivity contribution in [3.05, 3.63) is 17.5 Å². The molecule has 1 aromatic rings. The average Bonchev–Trinajstić information content (AvgIpc) is 3.08. The summed E-state index contributed by atoms with van der Waals surface area (Å²) in [6.45, 7) is 4.63. The largest absolute Gasteiger partial charge is 0.462 e. The van der Waals surface area contributed by atoms with Crippen LogP contribution >= 0.6 is 0 Å².